The summed E-state index contributed by atoms with van der Waals surface area (Å²) in [7, 11) is -2.38. The second-order valence-electron chi connectivity index (χ2n) is 18.1. The van der Waals surface area contributed by atoms with Crippen LogP contribution in [0.2, 0.25) is 0 Å². The number of Topliss-reactive ketones (excluding diaryl/α,β-unsaturated/α-hetero) is 1. The number of methoxy groups -OCH3 is 1. The first-order chi connectivity index (χ1) is 28.2. The van der Waals surface area contributed by atoms with E-state index in [4.69, 9.17) is 24.2 Å². The molecule has 1 saturated heterocycles. The molecule has 17 heteroatoms. The lowest BCUT2D eigenvalue weighted by Gasteiger charge is -2.34. The Hall–Kier alpha value is -4.28. The van der Waals surface area contributed by atoms with Crippen LogP contribution in [0.3, 0.4) is 0 Å². The van der Waals surface area contributed by atoms with Gasteiger partial charge >= 0.3 is 12.1 Å². The number of ether oxygens (including phenoxy) is 3. The third-order valence-corrected chi connectivity index (χ3v) is 14.9. The van der Waals surface area contributed by atoms with Gasteiger partial charge in [-0.3, -0.25) is 23.9 Å². The minimum absolute atomic E-state index is 0.0128. The van der Waals surface area contributed by atoms with E-state index in [1.54, 1.807) is 25.3 Å². The Kier molecular flexibility index (Phi) is 12.1. The van der Waals surface area contributed by atoms with Crippen LogP contribution in [0.5, 0.6) is 11.6 Å². The molecule has 328 valence electrons. The predicted molar refractivity (Wildman–Crippen MR) is 213 cm³/mol. The maximum Gasteiger partial charge on any atom is 0.427 e. The number of halogens is 3. The molecule has 2 amide bonds. The minimum atomic E-state index is -4.87. The summed E-state index contributed by atoms with van der Waals surface area (Å²) in [5.41, 5.74) is -2.40. The summed E-state index contributed by atoms with van der Waals surface area (Å²) in [6.07, 6.45) is 2.14. The number of amides is 2. The predicted octanol–water partition coefficient (Wildman–Crippen LogP) is 6.73. The average Bonchev–Trinajstić information content (AvgIpc) is 4.07. The van der Waals surface area contributed by atoms with Crippen molar-refractivity contribution in [3.05, 3.63) is 36.0 Å². The van der Waals surface area contributed by atoms with Crippen molar-refractivity contribution in [1.82, 2.24) is 19.6 Å². The van der Waals surface area contributed by atoms with Crippen molar-refractivity contribution in [2.24, 2.45) is 29.1 Å². The van der Waals surface area contributed by atoms with E-state index in [2.05, 4.69) is 4.72 Å². The van der Waals surface area contributed by atoms with Crippen LogP contribution < -0.4 is 14.2 Å². The van der Waals surface area contributed by atoms with Gasteiger partial charge in [-0.25, -0.2) is 18.4 Å². The van der Waals surface area contributed by atoms with Crippen molar-refractivity contribution in [3.63, 3.8) is 0 Å². The fourth-order valence-corrected chi connectivity index (χ4v) is 10.2. The highest BCUT2D eigenvalue weighted by Crippen LogP contribution is 2.57. The van der Waals surface area contributed by atoms with Crippen molar-refractivity contribution in [1.29, 1.82) is 0 Å². The molecule has 1 aromatic carbocycles. The van der Waals surface area contributed by atoms with Crippen LogP contribution in [-0.2, 0) is 33.9 Å². The fourth-order valence-electron chi connectivity index (χ4n) is 8.83. The summed E-state index contributed by atoms with van der Waals surface area (Å²) < 4.78 is 86.7. The van der Waals surface area contributed by atoms with Gasteiger partial charge in [0.05, 0.1) is 53.7 Å². The highest BCUT2D eigenvalue weighted by atomic mass is 32.2. The van der Waals surface area contributed by atoms with E-state index >= 15 is 4.79 Å². The zero-order valence-corrected chi connectivity index (χ0v) is 35.6. The SMILES string of the molecule is CC[C@@H]1C[C@H](C)CC/C=C\[C@@H]2C[C@@]2(C(=O)NS(=O)(=O)C2CC2)CC(=O)[C@@H]2C[C@@H](Oc3nc4ccc(OC)cc4nc3C3CC3)CN2C(=O)[C@H]1CC(=O)OC(C)(C)C(F)(F)F. The number of carbonyl (C=O) groups is 4. The van der Waals surface area contributed by atoms with Crippen LogP contribution in [0.25, 0.3) is 11.0 Å². The highest BCUT2D eigenvalue weighted by Gasteiger charge is 2.62. The van der Waals surface area contributed by atoms with E-state index in [0.29, 0.717) is 61.0 Å². The van der Waals surface area contributed by atoms with Crippen LogP contribution in [-0.4, -0.2) is 89.7 Å². The van der Waals surface area contributed by atoms with Crippen molar-refractivity contribution < 1.29 is 55.0 Å². The normalized spacial score (nSPS) is 29.8. The van der Waals surface area contributed by atoms with Crippen LogP contribution >= 0.6 is 0 Å². The third kappa shape index (κ3) is 9.30. The second-order valence-corrected chi connectivity index (χ2v) is 20.1. The molecule has 3 saturated carbocycles. The molecule has 3 heterocycles. The molecule has 13 nitrogen and oxygen atoms in total. The van der Waals surface area contributed by atoms with Crippen molar-refractivity contribution in [2.75, 3.05) is 13.7 Å². The number of hydrogen-bond donors (Lipinski definition) is 1. The van der Waals surface area contributed by atoms with Gasteiger partial charge in [0.2, 0.25) is 33.3 Å². The summed E-state index contributed by atoms with van der Waals surface area (Å²) in [6.45, 7) is 5.24. The van der Waals surface area contributed by atoms with Gasteiger partial charge in [0.25, 0.3) is 0 Å². The lowest BCUT2D eigenvalue weighted by Crippen LogP contribution is -2.48. The lowest BCUT2D eigenvalue weighted by molar-refractivity contribution is -0.257. The molecule has 1 aromatic heterocycles. The molecule has 5 aliphatic rings. The summed E-state index contributed by atoms with van der Waals surface area (Å²) in [5, 5.41) is -0.663. The van der Waals surface area contributed by atoms with Crippen molar-refractivity contribution in [2.45, 2.75) is 140 Å². The first-order valence-electron chi connectivity index (χ1n) is 21.1. The quantitative estimate of drug-likeness (QED) is 0.188. The number of aromatic nitrogens is 2. The van der Waals surface area contributed by atoms with Crippen LogP contribution in [0, 0.1) is 29.1 Å². The maximum absolute atomic E-state index is 15.1. The summed E-state index contributed by atoms with van der Waals surface area (Å²) in [5.74, 6) is -4.07. The number of sulfonamides is 1. The Morgan fingerprint density at radius 1 is 1.03 bits per heavy atom. The number of fused-ring (bicyclic) bond motifs is 3. The van der Waals surface area contributed by atoms with Crippen LogP contribution in [0.15, 0.2) is 30.4 Å². The molecule has 7 rings (SSSR count). The zero-order chi connectivity index (χ0) is 43.4. The molecule has 0 bridgehead atoms. The molecule has 2 aliphatic heterocycles. The van der Waals surface area contributed by atoms with Gasteiger partial charge in [0.1, 0.15) is 17.5 Å². The van der Waals surface area contributed by atoms with Gasteiger partial charge in [-0.1, -0.05) is 32.4 Å². The monoisotopic (exact) mass is 860 g/mol. The molecule has 3 aliphatic carbocycles. The number of alkyl halides is 3. The number of benzene rings is 1. The number of nitrogens with one attached hydrogen (secondary N) is 1. The molecule has 0 unspecified atom stereocenters. The Labute approximate surface area is 348 Å². The van der Waals surface area contributed by atoms with Crippen LogP contribution in [0.1, 0.15) is 116 Å². The largest absolute Gasteiger partial charge is 0.497 e. The average molecular weight is 861 g/mol. The molecule has 1 N–H and O–H groups in total. The van der Waals surface area contributed by atoms with Crippen LogP contribution in [0.4, 0.5) is 13.2 Å². The molecule has 4 fully saturated rings. The topological polar surface area (TPSA) is 171 Å². The highest BCUT2D eigenvalue weighted by molar-refractivity contribution is 7.90. The smallest absolute Gasteiger partial charge is 0.427 e. The number of esters is 1. The fraction of sp³-hybridized carbons (Fsp3) is 0.674. The number of hydrogen-bond acceptors (Lipinski definition) is 11. The first-order valence-corrected chi connectivity index (χ1v) is 22.7. The van der Waals surface area contributed by atoms with E-state index in [1.165, 1.54) is 4.90 Å². The molecule has 2 aromatic rings. The Bertz CT molecular complexity index is 2160. The van der Waals surface area contributed by atoms with Gasteiger partial charge in [-0.15, -0.1) is 0 Å². The van der Waals surface area contributed by atoms with Gasteiger partial charge in [-0.05, 0) is 95.1 Å². The molecular weight excluding hydrogens is 806 g/mol. The number of ketones is 1. The van der Waals surface area contributed by atoms with E-state index < -0.39 is 92.4 Å². The lowest BCUT2D eigenvalue weighted by atomic mass is 9.79. The van der Waals surface area contributed by atoms with E-state index in [-0.39, 0.29) is 43.5 Å². The van der Waals surface area contributed by atoms with Crippen molar-refractivity contribution in [3.8, 4) is 11.6 Å². The van der Waals surface area contributed by atoms with Gasteiger partial charge in [0, 0.05) is 24.8 Å². The van der Waals surface area contributed by atoms with Gasteiger partial charge < -0.3 is 19.1 Å². The Morgan fingerprint density at radius 3 is 2.42 bits per heavy atom. The molecule has 0 spiro atoms. The zero-order valence-electron chi connectivity index (χ0n) is 34.8. The third-order valence-electron chi connectivity index (χ3n) is 13.0. The maximum atomic E-state index is 15.1. The molecule has 7 atom stereocenters. The summed E-state index contributed by atoms with van der Waals surface area (Å²) in [4.78, 5) is 68.1. The first kappa shape index (κ1) is 43.8. The van der Waals surface area contributed by atoms with E-state index in [9.17, 15) is 36.0 Å². The second kappa shape index (κ2) is 16.5. The summed E-state index contributed by atoms with van der Waals surface area (Å²) in [6, 6.07) is 4.11. The Balaban J connectivity index is 1.24. The van der Waals surface area contributed by atoms with Gasteiger partial charge in [-0.2, -0.15) is 13.2 Å². The summed E-state index contributed by atoms with van der Waals surface area (Å²) >= 11 is 0. The van der Waals surface area contributed by atoms with E-state index in [1.807, 2.05) is 26.0 Å². The molecule has 0 radical (unpaired) electrons. The number of allylic oxidation sites excluding steroid dienone is 2. The Morgan fingerprint density at radius 2 is 1.77 bits per heavy atom. The van der Waals surface area contributed by atoms with E-state index in [0.717, 1.165) is 26.7 Å². The van der Waals surface area contributed by atoms with Crippen molar-refractivity contribution >= 4 is 44.6 Å². The number of carbonyl (C=O) groups excluding carboxylic acids is 4. The number of nitrogens with zero attached hydrogens (tertiary/aromatic N) is 3. The molecular formula is C43H55F3N4O9S. The standard InChI is InChI=1S/C43H55F3N4O9S/c1-6-25-17-24(2)9-7-8-10-27-21-42(27,40(54)49-60(55,56)30-14-15-30)22-35(51)34-19-29(23-50(34)39(53)31(25)20-36(52)59-41(3,4)43(44,45)46)58-38-37(26-11-12-26)47-33-18-28(57-5)13-16-32(33)48-38/h8,10,13,16,18,24-27,29-31,34H,6-7,9,11-12,14-15,17,19-23H2,1-5H3,(H,49,54)/b10-8-/t24-,25-,27-,29-,31+,34+,42-/m1/s1. The van der Waals surface area contributed by atoms with Gasteiger partial charge in [0.15, 0.2) is 5.78 Å². The molecule has 60 heavy (non-hydrogen) atoms. The minimum Gasteiger partial charge on any atom is -0.497 e. The number of rotatable bonds is 11.